The Morgan fingerprint density at radius 3 is 1.97 bits per heavy atom. The topological polar surface area (TPSA) is 151 Å². The molecule has 4 atom stereocenters. The Hall–Kier alpha value is -3.14. The van der Waals surface area contributed by atoms with Gasteiger partial charge in [0.2, 0.25) is 0 Å². The number of benzene rings is 1. The van der Waals surface area contributed by atoms with Crippen LogP contribution in [0, 0.1) is 11.8 Å². The minimum absolute atomic E-state index is 0.00829. The number of carbonyl (C=O) groups is 4. The van der Waals surface area contributed by atoms with Crippen LogP contribution in [0.1, 0.15) is 59.4 Å². The molecule has 3 unspecified atom stereocenters. The molecule has 0 aliphatic heterocycles. The second kappa shape index (κ2) is 12.9. The largest absolute Gasteiger partial charge is 0.508 e. The third-order valence-corrected chi connectivity index (χ3v) is 5.52. The Morgan fingerprint density at radius 1 is 0.971 bits per heavy atom. The highest BCUT2D eigenvalue weighted by molar-refractivity contribution is 5.80. The fourth-order valence-electron chi connectivity index (χ4n) is 2.94. The van der Waals surface area contributed by atoms with Crippen molar-refractivity contribution in [1.29, 1.82) is 0 Å². The molecule has 0 aromatic heterocycles. The second-order valence-corrected chi connectivity index (χ2v) is 8.47. The number of carboxylic acids is 1. The van der Waals surface area contributed by atoms with Crippen LogP contribution in [-0.4, -0.2) is 47.9 Å². The quantitative estimate of drug-likeness (QED) is 0.335. The highest BCUT2D eigenvalue weighted by Gasteiger charge is 2.37. The van der Waals surface area contributed by atoms with Crippen molar-refractivity contribution >= 4 is 24.1 Å². The molecule has 0 aliphatic rings. The van der Waals surface area contributed by atoms with Crippen LogP contribution in [0.25, 0.3) is 0 Å². The van der Waals surface area contributed by atoms with Crippen LogP contribution in [0.5, 0.6) is 11.5 Å². The molecule has 0 saturated carbocycles. The van der Waals surface area contributed by atoms with E-state index < -0.39 is 41.6 Å². The van der Waals surface area contributed by atoms with E-state index in [9.17, 15) is 24.3 Å². The molecule has 0 saturated heterocycles. The lowest BCUT2D eigenvalue weighted by atomic mass is 9.86. The zero-order valence-corrected chi connectivity index (χ0v) is 20.6. The van der Waals surface area contributed by atoms with Gasteiger partial charge in [-0.15, -0.1) is 0 Å². The van der Waals surface area contributed by atoms with Crippen molar-refractivity contribution in [3.63, 3.8) is 0 Å². The van der Waals surface area contributed by atoms with E-state index in [1.54, 1.807) is 13.8 Å². The van der Waals surface area contributed by atoms with E-state index in [4.69, 9.17) is 19.9 Å². The third-order valence-electron chi connectivity index (χ3n) is 5.52. The maximum Gasteiger partial charge on any atom is 0.508 e. The fraction of sp³-hybridized carbons (Fsp3) is 0.583. The van der Waals surface area contributed by atoms with E-state index in [1.807, 2.05) is 13.8 Å². The smallest absolute Gasteiger partial charge is 0.480 e. The van der Waals surface area contributed by atoms with Gasteiger partial charge in [0.1, 0.15) is 11.6 Å². The van der Waals surface area contributed by atoms with Gasteiger partial charge in [0.25, 0.3) is 0 Å². The summed E-state index contributed by atoms with van der Waals surface area (Å²) in [5, 5.41) is 9.76. The number of nitrogens with two attached hydrogens (primary N) is 1. The van der Waals surface area contributed by atoms with Crippen molar-refractivity contribution in [3.8, 4) is 11.5 Å². The summed E-state index contributed by atoms with van der Waals surface area (Å²) in [5.41, 5.74) is 4.78. The van der Waals surface area contributed by atoms with Gasteiger partial charge in [0, 0.05) is 12.8 Å². The summed E-state index contributed by atoms with van der Waals surface area (Å²) in [7, 11) is 1.14. The van der Waals surface area contributed by atoms with Crippen LogP contribution in [-0.2, 0) is 30.3 Å². The lowest BCUT2D eigenvalue weighted by Crippen LogP contribution is -2.52. The number of carboxylic acid groups (broad SMARTS) is 1. The number of hydrogen-bond donors (Lipinski definition) is 2. The van der Waals surface area contributed by atoms with Crippen molar-refractivity contribution in [3.05, 3.63) is 23.8 Å². The maximum atomic E-state index is 12.4. The number of rotatable bonds is 12. The van der Waals surface area contributed by atoms with Crippen molar-refractivity contribution in [1.82, 2.24) is 0 Å². The van der Waals surface area contributed by atoms with Gasteiger partial charge in [0.15, 0.2) is 11.5 Å². The molecular weight excluding hydrogens is 446 g/mol. The zero-order chi connectivity index (χ0) is 26.1. The van der Waals surface area contributed by atoms with Crippen LogP contribution < -0.4 is 15.2 Å². The minimum Gasteiger partial charge on any atom is -0.480 e. The molecule has 0 heterocycles. The summed E-state index contributed by atoms with van der Waals surface area (Å²) in [5.74, 6) is -3.03. The molecule has 1 rings (SSSR count). The van der Waals surface area contributed by atoms with E-state index in [-0.39, 0.29) is 30.3 Å². The number of ether oxygens (including phenoxy) is 4. The summed E-state index contributed by atoms with van der Waals surface area (Å²) < 4.78 is 20.3. The molecule has 10 nitrogen and oxygen atoms in total. The fourth-order valence-corrected chi connectivity index (χ4v) is 2.94. The maximum absolute atomic E-state index is 12.4. The van der Waals surface area contributed by atoms with E-state index in [1.165, 1.54) is 25.1 Å². The molecule has 0 radical (unpaired) electrons. The summed E-state index contributed by atoms with van der Waals surface area (Å²) in [6.07, 6.45) is -1.06. The van der Waals surface area contributed by atoms with Crippen LogP contribution >= 0.6 is 0 Å². The average Bonchev–Trinajstić information content (AvgIpc) is 2.78. The van der Waals surface area contributed by atoms with Crippen molar-refractivity contribution in [2.75, 3.05) is 7.11 Å². The van der Waals surface area contributed by atoms with Gasteiger partial charge in [-0.1, -0.05) is 33.8 Å². The number of aliphatic carboxylic acids is 1. The predicted octanol–water partition coefficient (Wildman–Crippen LogP) is 3.48. The summed E-state index contributed by atoms with van der Waals surface area (Å²) >= 11 is 0. The minimum atomic E-state index is -1.81. The third kappa shape index (κ3) is 8.33. The normalized spacial score (nSPS) is 15.3. The van der Waals surface area contributed by atoms with Gasteiger partial charge in [-0.25, -0.2) is 4.79 Å². The zero-order valence-electron chi connectivity index (χ0n) is 20.6. The van der Waals surface area contributed by atoms with Crippen molar-refractivity contribution in [2.45, 2.75) is 71.9 Å². The standard InChI is InChI=1S/C24H35NO9/c1-7-14(3)20(26)33-18-10-9-17(11-19(18)34-21(27)15(4)8-2)13-24(25,22(28)29)12-16(5)32-23(30)31-6/h9-11,14-16H,7-8,12-13,25H2,1-6H3,(H,28,29)/t14?,15?,16-,24?/m0/s1. The van der Waals surface area contributed by atoms with E-state index in [0.29, 0.717) is 18.4 Å². The van der Waals surface area contributed by atoms with Gasteiger partial charge in [-0.05, 0) is 37.5 Å². The average molecular weight is 482 g/mol. The molecule has 0 fully saturated rings. The highest BCUT2D eigenvalue weighted by atomic mass is 16.7. The molecular formula is C24H35NO9. The Labute approximate surface area is 199 Å². The first-order valence-electron chi connectivity index (χ1n) is 11.2. The molecule has 3 N–H and O–H groups in total. The number of hydrogen-bond acceptors (Lipinski definition) is 9. The Morgan fingerprint density at radius 2 is 1.50 bits per heavy atom. The molecule has 1 aromatic rings. The number of esters is 2. The van der Waals surface area contributed by atoms with Gasteiger partial charge >= 0.3 is 24.1 Å². The van der Waals surface area contributed by atoms with Crippen molar-refractivity contribution in [2.24, 2.45) is 17.6 Å². The van der Waals surface area contributed by atoms with Gasteiger partial charge < -0.3 is 29.8 Å². The van der Waals surface area contributed by atoms with Gasteiger partial charge in [-0.3, -0.25) is 14.4 Å². The SMILES string of the molecule is CCC(C)C(=O)Oc1ccc(CC(N)(C[C@H](C)OC(=O)OC)C(=O)O)cc1OC(=O)C(C)CC. The first kappa shape index (κ1) is 28.9. The molecule has 10 heteroatoms. The Bertz CT molecular complexity index is 885. The van der Waals surface area contributed by atoms with Crippen molar-refractivity contribution < 1.29 is 43.2 Å². The van der Waals surface area contributed by atoms with Crippen LogP contribution in [0.3, 0.4) is 0 Å². The molecule has 0 aliphatic carbocycles. The summed E-state index contributed by atoms with van der Waals surface area (Å²) in [4.78, 5) is 48.0. The Kier molecular flexibility index (Phi) is 11.0. The van der Waals surface area contributed by atoms with Gasteiger partial charge in [-0.2, -0.15) is 0 Å². The monoisotopic (exact) mass is 481 g/mol. The van der Waals surface area contributed by atoms with E-state index >= 15 is 0 Å². The van der Waals surface area contributed by atoms with Crippen LogP contribution in [0.15, 0.2) is 18.2 Å². The second-order valence-electron chi connectivity index (χ2n) is 8.47. The van der Waals surface area contributed by atoms with E-state index in [0.717, 1.165) is 7.11 Å². The van der Waals surface area contributed by atoms with Crippen LogP contribution in [0.2, 0.25) is 0 Å². The summed E-state index contributed by atoms with van der Waals surface area (Å²) in [6.45, 7) is 8.60. The highest BCUT2D eigenvalue weighted by Crippen LogP contribution is 2.32. The van der Waals surface area contributed by atoms with E-state index in [2.05, 4.69) is 4.74 Å². The molecule has 1 aromatic carbocycles. The molecule has 190 valence electrons. The first-order chi connectivity index (χ1) is 15.9. The predicted molar refractivity (Wildman–Crippen MR) is 122 cm³/mol. The molecule has 0 spiro atoms. The molecule has 0 bridgehead atoms. The number of methoxy groups -OCH3 is 1. The summed E-state index contributed by atoms with van der Waals surface area (Å²) in [6, 6.07) is 4.40. The van der Waals surface area contributed by atoms with Gasteiger partial charge in [0.05, 0.1) is 18.9 Å². The first-order valence-corrected chi connectivity index (χ1v) is 11.2. The Balaban J connectivity index is 3.26. The number of carbonyl (C=O) groups excluding carboxylic acids is 3. The lowest BCUT2D eigenvalue weighted by molar-refractivity contribution is -0.144. The van der Waals surface area contributed by atoms with Crippen LogP contribution in [0.4, 0.5) is 4.79 Å². The lowest BCUT2D eigenvalue weighted by Gasteiger charge is -2.28. The molecule has 0 amide bonds. The molecule has 34 heavy (non-hydrogen) atoms.